The molecule has 34 heavy (non-hydrogen) atoms. The van der Waals surface area contributed by atoms with Gasteiger partial charge >= 0.3 is 0 Å². The maximum atomic E-state index is 11.6. The van der Waals surface area contributed by atoms with Crippen molar-refractivity contribution < 1.29 is 9.85 Å². The maximum absolute atomic E-state index is 11.6. The summed E-state index contributed by atoms with van der Waals surface area (Å²) >= 11 is 12.0. The summed E-state index contributed by atoms with van der Waals surface area (Å²) in [7, 11) is 0. The molecule has 0 amide bonds. The fraction of sp³-hybridized carbons (Fsp3) is 0.250. The van der Waals surface area contributed by atoms with Crippen LogP contribution in [0.1, 0.15) is 29.5 Å². The van der Waals surface area contributed by atoms with Crippen LogP contribution in [0.25, 0.3) is 0 Å². The molecule has 0 aromatic heterocycles. The summed E-state index contributed by atoms with van der Waals surface area (Å²) < 4.78 is 0.620. The number of anilines is 1. The summed E-state index contributed by atoms with van der Waals surface area (Å²) in [5.41, 5.74) is 2.78. The third kappa shape index (κ3) is 4.06. The summed E-state index contributed by atoms with van der Waals surface area (Å²) in [4.78, 5) is 22.9. The van der Waals surface area contributed by atoms with E-state index in [2.05, 4.69) is 33.4 Å². The van der Waals surface area contributed by atoms with Crippen molar-refractivity contribution in [3.63, 3.8) is 0 Å². The van der Waals surface area contributed by atoms with Gasteiger partial charge in [-0.3, -0.25) is 20.2 Å². The summed E-state index contributed by atoms with van der Waals surface area (Å²) in [6.45, 7) is 0. The number of nitro groups is 2. The Hall–Kier alpha value is -2.62. The minimum absolute atomic E-state index is 0.00278. The molecule has 2 aliphatic rings. The number of thioether (sulfide) groups is 1. The lowest BCUT2D eigenvalue weighted by molar-refractivity contribution is -0.387. The number of nitrogens with zero attached hydrogens (tertiary/aromatic N) is 2. The lowest BCUT2D eigenvalue weighted by Gasteiger charge is -2.38. The van der Waals surface area contributed by atoms with E-state index < -0.39 is 4.92 Å². The van der Waals surface area contributed by atoms with Gasteiger partial charge in [-0.25, -0.2) is 0 Å². The SMILES string of the molecule is O=[N+]([O-])c1cc(Br)c2c(c1)[C@@H]1[C@H](Cl)[C@H](Sc3ccccc3[N+](=O)[O-])C[C@@H]1[C@H](c1ccccc1)N2. The highest BCUT2D eigenvalue weighted by molar-refractivity contribution is 9.10. The Kier molecular flexibility index (Phi) is 6.26. The number of rotatable bonds is 5. The standard InChI is InChI=1S/C24H19BrClN3O4S/c25-17-11-14(28(30)31)10-15-21-16(23(27-24(15)17)13-6-2-1-3-7-13)12-20(22(21)26)34-19-9-5-4-8-18(19)29(32)33/h1-11,16,20-23,27H,12H2/t16-,20+,21-,22+,23-/m0/s1. The van der Waals surface area contributed by atoms with Gasteiger partial charge in [-0.1, -0.05) is 42.5 Å². The predicted octanol–water partition coefficient (Wildman–Crippen LogP) is 7.30. The molecule has 0 unspecified atom stereocenters. The van der Waals surface area contributed by atoms with Crippen LogP contribution in [0.5, 0.6) is 0 Å². The number of fused-ring (bicyclic) bond motifs is 3. The van der Waals surface area contributed by atoms with E-state index in [0.717, 1.165) is 16.8 Å². The molecular formula is C24H19BrClN3O4S. The molecule has 1 N–H and O–H groups in total. The van der Waals surface area contributed by atoms with Crippen LogP contribution in [0.3, 0.4) is 0 Å². The summed E-state index contributed by atoms with van der Waals surface area (Å²) in [5.74, 6) is -0.0915. The Bertz CT molecular complexity index is 1280. The van der Waals surface area contributed by atoms with Crippen molar-refractivity contribution in [3.8, 4) is 0 Å². The van der Waals surface area contributed by atoms with E-state index in [1.54, 1.807) is 24.3 Å². The van der Waals surface area contributed by atoms with Crippen molar-refractivity contribution in [2.24, 2.45) is 5.92 Å². The zero-order chi connectivity index (χ0) is 24.0. The molecular weight excluding hydrogens is 542 g/mol. The van der Waals surface area contributed by atoms with Gasteiger partial charge in [0, 0.05) is 33.8 Å². The van der Waals surface area contributed by atoms with E-state index in [4.69, 9.17) is 11.6 Å². The highest BCUT2D eigenvalue weighted by Crippen LogP contribution is 2.59. The highest BCUT2D eigenvalue weighted by Gasteiger charge is 2.51. The van der Waals surface area contributed by atoms with Crippen molar-refractivity contribution in [2.75, 3.05) is 5.32 Å². The number of para-hydroxylation sites is 1. The Morgan fingerprint density at radius 2 is 1.71 bits per heavy atom. The van der Waals surface area contributed by atoms with E-state index >= 15 is 0 Å². The van der Waals surface area contributed by atoms with Crippen molar-refractivity contribution in [1.29, 1.82) is 0 Å². The molecule has 0 spiro atoms. The second-order valence-electron chi connectivity index (χ2n) is 8.43. The van der Waals surface area contributed by atoms with Crippen molar-refractivity contribution in [3.05, 3.63) is 103 Å². The zero-order valence-electron chi connectivity index (χ0n) is 17.6. The maximum Gasteiger partial charge on any atom is 0.282 e. The molecule has 5 rings (SSSR count). The molecule has 1 aliphatic carbocycles. The topological polar surface area (TPSA) is 98.3 Å². The minimum Gasteiger partial charge on any atom is -0.377 e. The van der Waals surface area contributed by atoms with Gasteiger partial charge in [0.05, 0.1) is 31.8 Å². The molecule has 3 aromatic rings. The highest BCUT2D eigenvalue weighted by atomic mass is 79.9. The summed E-state index contributed by atoms with van der Waals surface area (Å²) in [5, 5.41) is 26.3. The van der Waals surface area contributed by atoms with Gasteiger partial charge in [0.2, 0.25) is 0 Å². The van der Waals surface area contributed by atoms with E-state index in [-0.39, 0.29) is 44.8 Å². The quantitative estimate of drug-likeness (QED) is 0.200. The molecule has 1 saturated carbocycles. The van der Waals surface area contributed by atoms with Gasteiger partial charge in [0.15, 0.2) is 0 Å². The van der Waals surface area contributed by atoms with E-state index in [0.29, 0.717) is 15.8 Å². The van der Waals surface area contributed by atoms with Gasteiger partial charge < -0.3 is 5.32 Å². The average Bonchev–Trinajstić information content (AvgIpc) is 3.15. The molecule has 0 saturated heterocycles. The molecule has 3 aromatic carbocycles. The van der Waals surface area contributed by atoms with Crippen LogP contribution < -0.4 is 5.32 Å². The van der Waals surface area contributed by atoms with E-state index in [1.165, 1.54) is 23.9 Å². The first kappa shape index (κ1) is 23.1. The lowest BCUT2D eigenvalue weighted by Crippen LogP contribution is -2.31. The smallest absolute Gasteiger partial charge is 0.282 e. The largest absolute Gasteiger partial charge is 0.377 e. The van der Waals surface area contributed by atoms with Crippen molar-refractivity contribution in [1.82, 2.24) is 0 Å². The van der Waals surface area contributed by atoms with Gasteiger partial charge in [0.1, 0.15) is 0 Å². The average molecular weight is 561 g/mol. The number of nitrogens with one attached hydrogen (secondary N) is 1. The van der Waals surface area contributed by atoms with Crippen LogP contribution in [0.2, 0.25) is 0 Å². The second kappa shape index (κ2) is 9.20. The first-order valence-electron chi connectivity index (χ1n) is 10.7. The molecule has 1 fully saturated rings. The third-order valence-electron chi connectivity index (χ3n) is 6.57. The number of halogens is 2. The zero-order valence-corrected chi connectivity index (χ0v) is 20.8. The third-order valence-corrected chi connectivity index (χ3v) is 9.30. The number of nitro benzene ring substituents is 2. The van der Waals surface area contributed by atoms with Crippen LogP contribution in [0.4, 0.5) is 17.1 Å². The van der Waals surface area contributed by atoms with Crippen LogP contribution in [0.15, 0.2) is 76.1 Å². The number of alkyl halides is 1. The minimum atomic E-state index is -0.402. The van der Waals surface area contributed by atoms with E-state index in [1.807, 2.05) is 18.2 Å². The Labute approximate surface area is 213 Å². The van der Waals surface area contributed by atoms with Gasteiger partial charge in [-0.15, -0.1) is 23.4 Å². The van der Waals surface area contributed by atoms with Crippen LogP contribution in [0, 0.1) is 26.1 Å². The van der Waals surface area contributed by atoms with E-state index in [9.17, 15) is 20.2 Å². The molecule has 1 aliphatic heterocycles. The normalized spacial score (nSPS) is 25.2. The van der Waals surface area contributed by atoms with Gasteiger partial charge in [-0.2, -0.15) is 0 Å². The molecule has 174 valence electrons. The number of benzene rings is 3. The van der Waals surface area contributed by atoms with Crippen molar-refractivity contribution >= 4 is 56.4 Å². The fourth-order valence-electron chi connectivity index (χ4n) is 5.13. The predicted molar refractivity (Wildman–Crippen MR) is 137 cm³/mol. The first-order valence-corrected chi connectivity index (χ1v) is 12.8. The molecule has 1 heterocycles. The monoisotopic (exact) mass is 559 g/mol. The Morgan fingerprint density at radius 3 is 2.41 bits per heavy atom. The molecule has 10 heteroatoms. The molecule has 0 radical (unpaired) electrons. The Morgan fingerprint density at radius 1 is 1.00 bits per heavy atom. The number of hydrogen-bond acceptors (Lipinski definition) is 6. The molecule has 5 atom stereocenters. The summed E-state index contributed by atoms with van der Waals surface area (Å²) in [6, 6.07) is 19.8. The van der Waals surface area contributed by atoms with Crippen LogP contribution >= 0.6 is 39.3 Å². The van der Waals surface area contributed by atoms with Crippen molar-refractivity contribution in [2.45, 2.75) is 33.9 Å². The molecule has 0 bridgehead atoms. The van der Waals surface area contributed by atoms with Crippen LogP contribution in [-0.4, -0.2) is 20.5 Å². The Balaban J connectivity index is 1.58. The molecule has 7 nitrogen and oxygen atoms in total. The number of hydrogen-bond donors (Lipinski definition) is 1. The van der Waals surface area contributed by atoms with Gasteiger partial charge in [-0.05, 0) is 45.5 Å². The lowest BCUT2D eigenvalue weighted by atomic mass is 9.77. The van der Waals surface area contributed by atoms with Gasteiger partial charge in [0.25, 0.3) is 11.4 Å². The van der Waals surface area contributed by atoms with Crippen LogP contribution in [-0.2, 0) is 0 Å². The number of non-ortho nitro benzene ring substituents is 1. The second-order valence-corrected chi connectivity index (χ2v) is 11.1. The summed E-state index contributed by atoms with van der Waals surface area (Å²) in [6.07, 6.45) is 0.710. The first-order chi connectivity index (χ1) is 16.3. The fourth-order valence-corrected chi connectivity index (χ4v) is 7.65.